The predicted molar refractivity (Wildman–Crippen MR) is 94.9 cm³/mol. The maximum Gasteiger partial charge on any atom is 0.276 e. The molecule has 0 spiro atoms. The Hall–Kier alpha value is -1.72. The zero-order valence-corrected chi connectivity index (χ0v) is 15.3. The summed E-state index contributed by atoms with van der Waals surface area (Å²) in [6.07, 6.45) is 1.19. The fourth-order valence-corrected chi connectivity index (χ4v) is 3.17. The minimum absolute atomic E-state index is 0.0646. The molecule has 1 aromatic carbocycles. The summed E-state index contributed by atoms with van der Waals surface area (Å²) in [6.45, 7) is 5.68. The van der Waals surface area contributed by atoms with E-state index in [2.05, 4.69) is 10.9 Å². The molecule has 0 unspecified atom stereocenters. The topological polar surface area (TPSA) is 67.4 Å². The van der Waals surface area contributed by atoms with Crippen molar-refractivity contribution in [1.82, 2.24) is 5.43 Å². The van der Waals surface area contributed by atoms with Crippen molar-refractivity contribution in [3.8, 4) is 0 Å². The predicted octanol–water partition coefficient (Wildman–Crippen LogP) is 4.12. The molecular weight excluding hydrogens is 351 g/mol. The first-order chi connectivity index (χ1) is 11.2. The average molecular weight is 371 g/mol. The van der Waals surface area contributed by atoms with Gasteiger partial charge in [-0.05, 0) is 42.5 Å². The summed E-state index contributed by atoms with van der Waals surface area (Å²) in [7, 11) is 0. The van der Waals surface area contributed by atoms with Gasteiger partial charge in [-0.25, -0.2) is 0 Å². The van der Waals surface area contributed by atoms with Gasteiger partial charge in [-0.2, -0.15) is 0 Å². The van der Waals surface area contributed by atoms with Gasteiger partial charge in [0.2, 0.25) is 0 Å². The van der Waals surface area contributed by atoms with Crippen LogP contribution in [-0.2, 0) is 14.3 Å². The van der Waals surface area contributed by atoms with Gasteiger partial charge in [0.25, 0.3) is 5.91 Å². The largest absolute Gasteiger partial charge is 0.480 e. The lowest BCUT2D eigenvalue weighted by Crippen LogP contribution is -2.34. The number of carbonyl (C=O) groups is 2. The van der Waals surface area contributed by atoms with E-state index >= 15 is 0 Å². The van der Waals surface area contributed by atoms with Gasteiger partial charge in [0, 0.05) is 11.4 Å². The molecule has 0 saturated heterocycles. The second kappa shape index (κ2) is 7.45. The first-order valence-electron chi connectivity index (χ1n) is 7.53. The van der Waals surface area contributed by atoms with Crippen LogP contribution in [0.1, 0.15) is 33.6 Å². The number of amides is 1. The van der Waals surface area contributed by atoms with E-state index in [4.69, 9.17) is 27.9 Å². The number of nitrogens with one attached hydrogen (secondary N) is 2. The lowest BCUT2D eigenvalue weighted by atomic mass is 9.76. The number of allylic oxidation sites excluding steroid dienone is 2. The molecule has 0 aromatic heterocycles. The van der Waals surface area contributed by atoms with E-state index in [0.717, 1.165) is 12.0 Å². The van der Waals surface area contributed by atoms with Gasteiger partial charge < -0.3 is 4.74 Å². The Labute approximate surface area is 151 Å². The molecule has 0 saturated carbocycles. The zero-order chi connectivity index (χ0) is 17.9. The number of Topliss-reactive ketones (excluding diaryl/α,β-unsaturated/α-hetero) is 1. The number of carbonyl (C=O) groups excluding carboxylic acids is 2. The molecule has 1 aromatic rings. The number of hydrogen-bond acceptors (Lipinski definition) is 4. The number of rotatable bonds is 5. The van der Waals surface area contributed by atoms with Crippen LogP contribution in [0.2, 0.25) is 10.0 Å². The number of ketones is 1. The van der Waals surface area contributed by atoms with Gasteiger partial charge in [0.1, 0.15) is 0 Å². The van der Waals surface area contributed by atoms with Crippen molar-refractivity contribution in [2.24, 2.45) is 5.41 Å². The number of hydrogen-bond donors (Lipinski definition) is 2. The number of halogens is 2. The standard InChI is InChI=1S/C17H20Cl2N2O3/c1-10-7-17(2,3)8-14(22)16(10)24-9-15(23)21-20-13-5-4-11(18)6-12(13)19/h4-6,20H,7-9H2,1-3H3,(H,21,23). The quantitative estimate of drug-likeness (QED) is 0.765. The van der Waals surface area contributed by atoms with Crippen LogP contribution in [-0.4, -0.2) is 18.3 Å². The maximum atomic E-state index is 12.1. The van der Waals surface area contributed by atoms with Crippen molar-refractivity contribution in [1.29, 1.82) is 0 Å². The normalized spacial score (nSPS) is 16.8. The van der Waals surface area contributed by atoms with Crippen molar-refractivity contribution in [2.75, 3.05) is 12.0 Å². The van der Waals surface area contributed by atoms with Gasteiger partial charge in [-0.1, -0.05) is 37.0 Å². The van der Waals surface area contributed by atoms with Crippen LogP contribution in [0.15, 0.2) is 29.5 Å². The SMILES string of the molecule is CC1=C(OCC(=O)NNc2ccc(Cl)cc2Cl)C(=O)CC(C)(C)C1. The first-order valence-corrected chi connectivity index (χ1v) is 8.29. The lowest BCUT2D eigenvalue weighted by Gasteiger charge is -2.30. The second-order valence-electron chi connectivity index (χ2n) is 6.64. The van der Waals surface area contributed by atoms with Crippen LogP contribution in [0.25, 0.3) is 0 Å². The Morgan fingerprint density at radius 1 is 1.29 bits per heavy atom. The Balaban J connectivity index is 1.88. The summed E-state index contributed by atoms with van der Waals surface area (Å²) in [6, 6.07) is 4.85. The van der Waals surface area contributed by atoms with E-state index in [1.807, 2.05) is 20.8 Å². The molecule has 1 aliphatic carbocycles. The molecule has 0 aliphatic heterocycles. The number of hydrazine groups is 1. The monoisotopic (exact) mass is 370 g/mol. The van der Waals surface area contributed by atoms with Gasteiger partial charge >= 0.3 is 0 Å². The molecule has 24 heavy (non-hydrogen) atoms. The minimum atomic E-state index is -0.418. The van der Waals surface area contributed by atoms with E-state index in [1.165, 1.54) is 0 Å². The Morgan fingerprint density at radius 3 is 2.62 bits per heavy atom. The summed E-state index contributed by atoms with van der Waals surface area (Å²) >= 11 is 11.8. The summed E-state index contributed by atoms with van der Waals surface area (Å²) in [5.41, 5.74) is 6.48. The van der Waals surface area contributed by atoms with Crippen molar-refractivity contribution in [2.45, 2.75) is 33.6 Å². The Kier molecular flexibility index (Phi) is 5.78. The number of benzene rings is 1. The van der Waals surface area contributed by atoms with Crippen LogP contribution in [0, 0.1) is 5.41 Å². The van der Waals surface area contributed by atoms with Crippen molar-refractivity contribution >= 4 is 40.6 Å². The molecule has 7 heteroatoms. The Morgan fingerprint density at radius 2 is 2.00 bits per heavy atom. The lowest BCUT2D eigenvalue weighted by molar-refractivity contribution is -0.127. The van der Waals surface area contributed by atoms with Gasteiger partial charge in [0.15, 0.2) is 18.1 Å². The third-order valence-electron chi connectivity index (χ3n) is 3.64. The van der Waals surface area contributed by atoms with Crippen molar-refractivity contribution < 1.29 is 14.3 Å². The zero-order valence-electron chi connectivity index (χ0n) is 13.8. The molecule has 0 radical (unpaired) electrons. The maximum absolute atomic E-state index is 12.1. The number of anilines is 1. The summed E-state index contributed by atoms with van der Waals surface area (Å²) in [5, 5.41) is 0.883. The molecule has 2 N–H and O–H groups in total. The molecule has 1 aliphatic rings. The van der Waals surface area contributed by atoms with Gasteiger partial charge in [0.05, 0.1) is 10.7 Å². The van der Waals surface area contributed by atoms with E-state index < -0.39 is 5.91 Å². The first kappa shape index (κ1) is 18.6. The average Bonchev–Trinajstić information content (AvgIpc) is 2.44. The van der Waals surface area contributed by atoms with E-state index in [-0.39, 0.29) is 17.8 Å². The minimum Gasteiger partial charge on any atom is -0.480 e. The molecule has 0 bridgehead atoms. The smallest absolute Gasteiger partial charge is 0.276 e. The van der Waals surface area contributed by atoms with Gasteiger partial charge in [-0.3, -0.25) is 20.4 Å². The molecular formula is C17H20Cl2N2O3. The van der Waals surface area contributed by atoms with Crippen LogP contribution >= 0.6 is 23.2 Å². The molecule has 130 valence electrons. The van der Waals surface area contributed by atoms with Crippen LogP contribution in [0.3, 0.4) is 0 Å². The molecule has 5 nitrogen and oxygen atoms in total. The summed E-state index contributed by atoms with van der Waals surface area (Å²) in [4.78, 5) is 24.0. The van der Waals surface area contributed by atoms with E-state index in [1.54, 1.807) is 18.2 Å². The highest BCUT2D eigenvalue weighted by atomic mass is 35.5. The summed E-state index contributed by atoms with van der Waals surface area (Å²) in [5.74, 6) is -0.182. The molecule has 0 atom stereocenters. The third-order valence-corrected chi connectivity index (χ3v) is 4.19. The fraction of sp³-hybridized carbons (Fsp3) is 0.412. The highest BCUT2D eigenvalue weighted by molar-refractivity contribution is 6.36. The molecule has 2 rings (SSSR count). The molecule has 0 fully saturated rings. The second-order valence-corrected chi connectivity index (χ2v) is 7.48. The van der Waals surface area contributed by atoms with Gasteiger partial charge in [-0.15, -0.1) is 0 Å². The third kappa shape index (κ3) is 4.89. The van der Waals surface area contributed by atoms with Crippen LogP contribution in [0.4, 0.5) is 5.69 Å². The van der Waals surface area contributed by atoms with E-state index in [0.29, 0.717) is 27.9 Å². The molecule has 0 heterocycles. The van der Waals surface area contributed by atoms with Crippen molar-refractivity contribution in [3.05, 3.63) is 39.6 Å². The number of ether oxygens (including phenoxy) is 1. The van der Waals surface area contributed by atoms with Crippen LogP contribution in [0.5, 0.6) is 0 Å². The fourth-order valence-electron chi connectivity index (χ4n) is 2.72. The highest BCUT2D eigenvalue weighted by Gasteiger charge is 2.32. The Bertz CT molecular complexity index is 699. The van der Waals surface area contributed by atoms with Crippen LogP contribution < -0.4 is 10.9 Å². The molecule has 1 amide bonds. The van der Waals surface area contributed by atoms with E-state index in [9.17, 15) is 9.59 Å². The highest BCUT2D eigenvalue weighted by Crippen LogP contribution is 2.36. The van der Waals surface area contributed by atoms with Crippen molar-refractivity contribution in [3.63, 3.8) is 0 Å². The summed E-state index contributed by atoms with van der Waals surface area (Å²) < 4.78 is 5.42.